The topological polar surface area (TPSA) is 38.3 Å². The molecule has 1 N–H and O–H groups in total. The minimum Gasteiger partial charge on any atom is -0.320 e. The quantitative estimate of drug-likeness (QED) is 0.777. The van der Waals surface area contributed by atoms with Gasteiger partial charge in [0.1, 0.15) is 0 Å². The Hall–Kier alpha value is -1.26. The average Bonchev–Trinajstić information content (AvgIpc) is 2.30. The molecule has 1 aromatic carbocycles. The average molecular weight is 374 g/mol. The number of anilines is 1. The van der Waals surface area contributed by atoms with Gasteiger partial charge >= 0.3 is 24.3 Å². The van der Waals surface area contributed by atoms with E-state index in [1.165, 1.54) is 5.32 Å². The van der Waals surface area contributed by atoms with Crippen molar-refractivity contribution >= 4 is 34.8 Å². The molecule has 0 aliphatic rings. The van der Waals surface area contributed by atoms with Gasteiger partial charge in [0, 0.05) is 5.69 Å². The summed E-state index contributed by atoms with van der Waals surface area (Å²) in [5.41, 5.74) is -0.484. The molecule has 0 aliphatic heterocycles. The standard InChI is InChI=1S/C10H4Cl2F7NO2/c11-5-2-1-4(3-6(5)12)20-7(21)8(13,14)9(15,16)22-10(17,18)19/h1-3H,(H,20,21). The molecular formula is C10H4Cl2F7NO2. The summed E-state index contributed by atoms with van der Waals surface area (Å²) in [5, 5.41) is 1.05. The van der Waals surface area contributed by atoms with E-state index in [4.69, 9.17) is 23.2 Å². The molecule has 0 bridgehead atoms. The molecule has 1 rings (SSSR count). The Morgan fingerprint density at radius 1 is 1.00 bits per heavy atom. The maximum absolute atomic E-state index is 13.1. The number of rotatable bonds is 4. The Kier molecular flexibility index (Phi) is 5.20. The van der Waals surface area contributed by atoms with Crippen molar-refractivity contribution in [2.45, 2.75) is 18.4 Å². The lowest BCUT2D eigenvalue weighted by Gasteiger charge is -2.25. The van der Waals surface area contributed by atoms with Crippen LogP contribution >= 0.6 is 23.2 Å². The lowest BCUT2D eigenvalue weighted by atomic mass is 10.2. The van der Waals surface area contributed by atoms with Gasteiger partial charge in [-0.05, 0) is 18.2 Å². The second-order valence-corrected chi connectivity index (χ2v) is 4.54. The molecule has 1 aromatic rings. The lowest BCUT2D eigenvalue weighted by molar-refractivity contribution is -0.457. The van der Waals surface area contributed by atoms with Crippen LogP contribution in [0.2, 0.25) is 10.0 Å². The van der Waals surface area contributed by atoms with Gasteiger partial charge in [0.2, 0.25) is 0 Å². The molecule has 0 aromatic heterocycles. The molecule has 124 valence electrons. The van der Waals surface area contributed by atoms with Gasteiger partial charge in [-0.1, -0.05) is 23.2 Å². The molecular weight excluding hydrogens is 370 g/mol. The van der Waals surface area contributed by atoms with Crippen molar-refractivity contribution in [3.05, 3.63) is 28.2 Å². The molecule has 0 saturated heterocycles. The highest BCUT2D eigenvalue weighted by Gasteiger charge is 2.67. The lowest BCUT2D eigenvalue weighted by Crippen LogP contribution is -2.53. The minimum absolute atomic E-state index is 0.0304. The number of ether oxygens (including phenoxy) is 1. The number of carbonyl (C=O) groups excluding carboxylic acids is 1. The van der Waals surface area contributed by atoms with Crippen LogP contribution in [0.4, 0.5) is 36.4 Å². The first-order chi connectivity index (χ1) is 9.76. The van der Waals surface area contributed by atoms with Crippen LogP contribution in [0.25, 0.3) is 0 Å². The zero-order valence-corrected chi connectivity index (χ0v) is 11.5. The van der Waals surface area contributed by atoms with E-state index in [9.17, 15) is 35.5 Å². The number of carbonyl (C=O) groups is 1. The third kappa shape index (κ3) is 4.37. The number of hydrogen-bond acceptors (Lipinski definition) is 2. The molecule has 0 saturated carbocycles. The third-order valence-electron chi connectivity index (χ3n) is 2.07. The van der Waals surface area contributed by atoms with Crippen molar-refractivity contribution < 1.29 is 40.3 Å². The maximum atomic E-state index is 13.1. The fourth-order valence-electron chi connectivity index (χ4n) is 1.13. The van der Waals surface area contributed by atoms with Gasteiger partial charge < -0.3 is 5.32 Å². The molecule has 22 heavy (non-hydrogen) atoms. The number of hydrogen-bond donors (Lipinski definition) is 1. The smallest absolute Gasteiger partial charge is 0.320 e. The monoisotopic (exact) mass is 373 g/mol. The van der Waals surface area contributed by atoms with Crippen molar-refractivity contribution in [2.24, 2.45) is 0 Å². The highest BCUT2D eigenvalue weighted by molar-refractivity contribution is 6.42. The first kappa shape index (κ1) is 18.8. The second kappa shape index (κ2) is 6.09. The number of amides is 1. The van der Waals surface area contributed by atoms with Gasteiger partial charge in [0.05, 0.1) is 10.0 Å². The molecule has 0 heterocycles. The molecule has 0 aliphatic carbocycles. The van der Waals surface area contributed by atoms with Crippen LogP contribution in [0.15, 0.2) is 18.2 Å². The first-order valence-electron chi connectivity index (χ1n) is 5.05. The van der Waals surface area contributed by atoms with E-state index in [0.717, 1.165) is 18.2 Å². The predicted octanol–water partition coefficient (Wildman–Crippen LogP) is 4.70. The highest BCUT2D eigenvalue weighted by atomic mass is 35.5. The van der Waals surface area contributed by atoms with Crippen molar-refractivity contribution in [1.29, 1.82) is 0 Å². The summed E-state index contributed by atoms with van der Waals surface area (Å²) in [6.45, 7) is 0. The third-order valence-corrected chi connectivity index (χ3v) is 2.81. The molecule has 0 atom stereocenters. The maximum Gasteiger partial charge on any atom is 0.527 e. The van der Waals surface area contributed by atoms with Gasteiger partial charge in [-0.25, -0.2) is 4.74 Å². The van der Waals surface area contributed by atoms with Gasteiger partial charge in [0.15, 0.2) is 0 Å². The van der Waals surface area contributed by atoms with Crippen molar-refractivity contribution in [2.75, 3.05) is 5.32 Å². The highest BCUT2D eigenvalue weighted by Crippen LogP contribution is 2.40. The number of alkyl halides is 7. The molecule has 0 spiro atoms. The molecule has 0 fully saturated rings. The minimum atomic E-state index is -6.11. The van der Waals surface area contributed by atoms with E-state index in [2.05, 4.69) is 0 Å². The Labute approximate surface area is 127 Å². The fraction of sp³-hybridized carbons (Fsp3) is 0.300. The summed E-state index contributed by atoms with van der Waals surface area (Å²) in [6, 6.07) is 2.80. The summed E-state index contributed by atoms with van der Waals surface area (Å²) < 4.78 is 88.9. The zero-order valence-electron chi connectivity index (χ0n) is 9.95. The Morgan fingerprint density at radius 3 is 2.00 bits per heavy atom. The van der Waals surface area contributed by atoms with E-state index in [1.54, 1.807) is 0 Å². The molecule has 1 amide bonds. The van der Waals surface area contributed by atoms with Crippen LogP contribution in [0.3, 0.4) is 0 Å². The number of nitrogens with one attached hydrogen (secondary N) is 1. The van der Waals surface area contributed by atoms with Gasteiger partial charge in [-0.15, -0.1) is 13.2 Å². The second-order valence-electron chi connectivity index (χ2n) is 3.72. The van der Waals surface area contributed by atoms with Crippen LogP contribution in [0.5, 0.6) is 0 Å². The predicted molar refractivity (Wildman–Crippen MR) is 62.1 cm³/mol. The summed E-state index contributed by atoms with van der Waals surface area (Å²) in [7, 11) is 0. The van der Waals surface area contributed by atoms with E-state index in [-0.39, 0.29) is 10.0 Å². The van der Waals surface area contributed by atoms with Crippen LogP contribution in [-0.4, -0.2) is 24.3 Å². The Morgan fingerprint density at radius 2 is 1.55 bits per heavy atom. The van der Waals surface area contributed by atoms with E-state index in [0.29, 0.717) is 0 Å². The summed E-state index contributed by atoms with van der Waals surface area (Å²) in [6.07, 6.45) is -12.2. The van der Waals surface area contributed by atoms with Gasteiger partial charge in [-0.3, -0.25) is 4.79 Å². The molecule has 0 unspecified atom stereocenters. The first-order valence-corrected chi connectivity index (χ1v) is 5.81. The van der Waals surface area contributed by atoms with Crippen molar-refractivity contribution in [3.63, 3.8) is 0 Å². The van der Waals surface area contributed by atoms with Crippen molar-refractivity contribution in [3.8, 4) is 0 Å². The van der Waals surface area contributed by atoms with Crippen LogP contribution in [0, 0.1) is 0 Å². The Balaban J connectivity index is 2.96. The summed E-state index contributed by atoms with van der Waals surface area (Å²) >= 11 is 11.0. The summed E-state index contributed by atoms with van der Waals surface area (Å²) in [4.78, 5) is 11.1. The number of halogens is 9. The van der Waals surface area contributed by atoms with Gasteiger partial charge in [-0.2, -0.15) is 17.6 Å². The molecule has 3 nitrogen and oxygen atoms in total. The van der Waals surface area contributed by atoms with Crippen LogP contribution < -0.4 is 5.32 Å². The molecule has 0 radical (unpaired) electrons. The largest absolute Gasteiger partial charge is 0.527 e. The van der Waals surface area contributed by atoms with E-state index >= 15 is 0 Å². The van der Waals surface area contributed by atoms with Crippen LogP contribution in [-0.2, 0) is 9.53 Å². The van der Waals surface area contributed by atoms with Crippen LogP contribution in [0.1, 0.15) is 0 Å². The molecule has 12 heteroatoms. The van der Waals surface area contributed by atoms with Crippen molar-refractivity contribution in [1.82, 2.24) is 0 Å². The zero-order chi connectivity index (χ0) is 17.3. The van der Waals surface area contributed by atoms with Gasteiger partial charge in [0.25, 0.3) is 0 Å². The number of benzene rings is 1. The fourth-order valence-corrected chi connectivity index (χ4v) is 1.42. The van der Waals surface area contributed by atoms with E-state index in [1.807, 2.05) is 4.74 Å². The summed E-state index contributed by atoms with van der Waals surface area (Å²) in [5.74, 6) is -8.52. The van der Waals surface area contributed by atoms with E-state index < -0.39 is 30.0 Å². The SMILES string of the molecule is O=C(Nc1ccc(Cl)c(Cl)c1)C(F)(F)C(F)(F)OC(F)(F)F. The Bertz CT molecular complexity index is 577. The normalized spacial score (nSPS) is 13.1.